The topological polar surface area (TPSA) is 48.5 Å². The van der Waals surface area contributed by atoms with E-state index in [0.717, 1.165) is 38.4 Å². The Morgan fingerprint density at radius 1 is 1.11 bits per heavy atom. The molecule has 4 rings (SSSR count). The Balaban J connectivity index is 1.46. The molecule has 0 aliphatic carbocycles. The normalized spacial score (nSPS) is 19.7. The van der Waals surface area contributed by atoms with Gasteiger partial charge in [0.15, 0.2) is 0 Å². The number of carbonyl (C=O) groups is 1. The number of nitrogens with one attached hydrogen (secondary N) is 1. The highest BCUT2D eigenvalue weighted by Crippen LogP contribution is 2.26. The molecule has 2 aromatic rings. The van der Waals surface area contributed by atoms with Gasteiger partial charge >= 0.3 is 0 Å². The van der Waals surface area contributed by atoms with Crippen LogP contribution in [-0.2, 0) is 0 Å². The van der Waals surface area contributed by atoms with Gasteiger partial charge in [-0.1, -0.05) is 0 Å². The van der Waals surface area contributed by atoms with Crippen molar-refractivity contribution < 1.29 is 13.6 Å². The van der Waals surface area contributed by atoms with Crippen molar-refractivity contribution in [3.63, 3.8) is 0 Å². The summed E-state index contributed by atoms with van der Waals surface area (Å²) in [6.07, 6.45) is 5.69. The van der Waals surface area contributed by atoms with E-state index >= 15 is 0 Å². The van der Waals surface area contributed by atoms with Crippen LogP contribution >= 0.6 is 0 Å². The van der Waals surface area contributed by atoms with E-state index in [0.29, 0.717) is 30.2 Å². The van der Waals surface area contributed by atoms with Gasteiger partial charge < -0.3 is 15.1 Å². The second-order valence-corrected chi connectivity index (χ2v) is 7.42. The van der Waals surface area contributed by atoms with Crippen LogP contribution in [0.4, 0.5) is 20.3 Å². The average molecular weight is 386 g/mol. The molecule has 2 fully saturated rings. The quantitative estimate of drug-likeness (QED) is 0.871. The number of hydrogen-bond donors (Lipinski definition) is 1. The molecule has 1 aromatic heterocycles. The Morgan fingerprint density at radius 2 is 1.93 bits per heavy atom. The molecule has 0 bridgehead atoms. The molecule has 7 heteroatoms. The van der Waals surface area contributed by atoms with Crippen LogP contribution in [0, 0.1) is 11.6 Å². The summed E-state index contributed by atoms with van der Waals surface area (Å²) in [7, 11) is 0. The molecule has 1 N–H and O–H groups in total. The van der Waals surface area contributed by atoms with Gasteiger partial charge in [-0.2, -0.15) is 0 Å². The highest BCUT2D eigenvalue weighted by Gasteiger charge is 2.27. The maximum absolute atomic E-state index is 14.1. The lowest BCUT2D eigenvalue weighted by Gasteiger charge is -2.27. The summed E-state index contributed by atoms with van der Waals surface area (Å²) in [5, 5.41) is 3.36. The Labute approximate surface area is 163 Å². The first-order valence-electron chi connectivity index (χ1n) is 9.82. The number of piperidine rings is 1. The second kappa shape index (κ2) is 8.12. The molecule has 2 aliphatic rings. The molecule has 0 radical (unpaired) electrons. The predicted octanol–water partition coefficient (Wildman–Crippen LogP) is 3.68. The average Bonchev–Trinajstić information content (AvgIpc) is 3.17. The smallest absolute Gasteiger partial charge is 0.257 e. The maximum atomic E-state index is 14.1. The van der Waals surface area contributed by atoms with Crippen LogP contribution in [-0.4, -0.2) is 48.0 Å². The zero-order valence-corrected chi connectivity index (χ0v) is 15.7. The highest BCUT2D eigenvalue weighted by molar-refractivity contribution is 5.98. The zero-order chi connectivity index (χ0) is 19.5. The Morgan fingerprint density at radius 3 is 2.71 bits per heavy atom. The molecule has 2 aliphatic heterocycles. The maximum Gasteiger partial charge on any atom is 0.257 e. The largest absolute Gasteiger partial charge is 0.367 e. The Hall–Kier alpha value is -2.70. The molecule has 0 saturated carbocycles. The third-order valence-corrected chi connectivity index (χ3v) is 5.46. The molecule has 148 valence electrons. The number of likely N-dealkylation sites (tertiary alicyclic amines) is 1. The fourth-order valence-electron chi connectivity index (χ4n) is 3.99. The van der Waals surface area contributed by atoms with Gasteiger partial charge in [-0.15, -0.1) is 0 Å². The summed E-state index contributed by atoms with van der Waals surface area (Å²) < 4.78 is 27.2. The first kappa shape index (κ1) is 18.7. The fraction of sp³-hybridized carbons (Fsp3) is 0.429. The van der Waals surface area contributed by atoms with Crippen LogP contribution in [0.25, 0.3) is 0 Å². The third-order valence-electron chi connectivity index (χ3n) is 5.46. The highest BCUT2D eigenvalue weighted by atomic mass is 19.1. The first-order valence-corrected chi connectivity index (χ1v) is 9.82. The molecule has 1 aromatic carbocycles. The van der Waals surface area contributed by atoms with Gasteiger partial charge in [-0.3, -0.25) is 4.79 Å². The predicted molar refractivity (Wildman–Crippen MR) is 105 cm³/mol. The molecule has 0 spiro atoms. The third kappa shape index (κ3) is 3.93. The number of pyridine rings is 1. The van der Waals surface area contributed by atoms with Gasteiger partial charge in [0.25, 0.3) is 5.91 Å². The molecular formula is C21H24F2N4O. The van der Waals surface area contributed by atoms with E-state index in [2.05, 4.69) is 10.3 Å². The molecule has 1 unspecified atom stereocenters. The van der Waals surface area contributed by atoms with Crippen LogP contribution in [0.5, 0.6) is 0 Å². The minimum absolute atomic E-state index is 0.00901. The summed E-state index contributed by atoms with van der Waals surface area (Å²) in [4.78, 5) is 21.1. The zero-order valence-electron chi connectivity index (χ0n) is 15.7. The van der Waals surface area contributed by atoms with E-state index in [1.165, 1.54) is 18.6 Å². The van der Waals surface area contributed by atoms with Gasteiger partial charge in [-0.25, -0.2) is 13.8 Å². The van der Waals surface area contributed by atoms with Gasteiger partial charge in [0, 0.05) is 44.5 Å². The van der Waals surface area contributed by atoms with E-state index in [1.54, 1.807) is 18.3 Å². The van der Waals surface area contributed by atoms with Crippen molar-refractivity contribution in [2.75, 3.05) is 36.4 Å². The molecule has 3 heterocycles. The van der Waals surface area contributed by atoms with Crippen molar-refractivity contribution in [2.45, 2.75) is 31.7 Å². The lowest BCUT2D eigenvalue weighted by atomic mass is 10.1. The van der Waals surface area contributed by atoms with Crippen molar-refractivity contribution in [2.24, 2.45) is 0 Å². The summed E-state index contributed by atoms with van der Waals surface area (Å²) in [5.74, 6) is -0.553. The number of nitrogens with zero attached hydrogens (tertiary/aromatic N) is 3. The summed E-state index contributed by atoms with van der Waals surface area (Å²) in [6, 6.07) is 7.26. The number of rotatable bonds is 4. The number of benzene rings is 1. The number of aromatic nitrogens is 1. The first-order chi connectivity index (χ1) is 13.6. The van der Waals surface area contributed by atoms with Crippen LogP contribution in [0.3, 0.4) is 0 Å². The number of hydrogen-bond acceptors (Lipinski definition) is 4. The fourth-order valence-corrected chi connectivity index (χ4v) is 3.99. The molecule has 2 saturated heterocycles. The van der Waals surface area contributed by atoms with Crippen molar-refractivity contribution in [1.29, 1.82) is 0 Å². The van der Waals surface area contributed by atoms with Crippen molar-refractivity contribution >= 4 is 17.4 Å². The molecule has 1 amide bonds. The Bertz CT molecular complexity index is 854. The van der Waals surface area contributed by atoms with Crippen LogP contribution in [0.1, 0.15) is 36.0 Å². The molecule has 28 heavy (non-hydrogen) atoms. The molecule has 1 atom stereocenters. The van der Waals surface area contributed by atoms with Gasteiger partial charge in [0.1, 0.15) is 17.5 Å². The van der Waals surface area contributed by atoms with E-state index in [1.807, 2.05) is 9.80 Å². The molecular weight excluding hydrogens is 362 g/mol. The summed E-state index contributed by atoms with van der Waals surface area (Å²) >= 11 is 0. The lowest BCUT2D eigenvalue weighted by molar-refractivity contribution is 0.0725. The van der Waals surface area contributed by atoms with Crippen molar-refractivity contribution in [1.82, 2.24) is 9.88 Å². The van der Waals surface area contributed by atoms with Crippen molar-refractivity contribution in [3.05, 3.63) is 53.7 Å². The van der Waals surface area contributed by atoms with E-state index in [-0.39, 0.29) is 11.9 Å². The Kier molecular flexibility index (Phi) is 5.41. The molecule has 5 nitrogen and oxygen atoms in total. The minimum atomic E-state index is -0.579. The van der Waals surface area contributed by atoms with Crippen LogP contribution in [0.15, 0.2) is 36.5 Å². The number of halogens is 2. The number of amides is 1. The minimum Gasteiger partial charge on any atom is -0.367 e. The lowest BCUT2D eigenvalue weighted by Crippen LogP contribution is -2.36. The standard InChI is InChI=1S/C21H24F2N4O/c22-15-6-7-19(18(23)13-15)27-12-8-16(14-27)25-20-17(5-4-9-24-20)21(28)26-10-2-1-3-11-26/h4-7,9,13,16H,1-3,8,10-12,14H2,(H,24,25). The number of carbonyl (C=O) groups excluding carboxylic acids is 1. The SMILES string of the molecule is O=C(c1cccnc1NC1CCN(c2ccc(F)cc2F)C1)N1CCCCC1. The van der Waals surface area contributed by atoms with E-state index < -0.39 is 11.6 Å². The van der Waals surface area contributed by atoms with Crippen LogP contribution < -0.4 is 10.2 Å². The second-order valence-electron chi connectivity index (χ2n) is 7.42. The van der Waals surface area contributed by atoms with E-state index in [9.17, 15) is 13.6 Å². The van der Waals surface area contributed by atoms with E-state index in [4.69, 9.17) is 0 Å². The summed E-state index contributed by atoms with van der Waals surface area (Å²) in [6.45, 7) is 2.79. The van der Waals surface area contributed by atoms with Gasteiger partial charge in [0.2, 0.25) is 0 Å². The van der Waals surface area contributed by atoms with Crippen LogP contribution in [0.2, 0.25) is 0 Å². The summed E-state index contributed by atoms with van der Waals surface area (Å²) in [5.41, 5.74) is 0.979. The number of anilines is 2. The van der Waals surface area contributed by atoms with Gasteiger partial charge in [-0.05, 0) is 49.9 Å². The van der Waals surface area contributed by atoms with Crippen molar-refractivity contribution in [3.8, 4) is 0 Å². The van der Waals surface area contributed by atoms with Gasteiger partial charge in [0.05, 0.1) is 11.3 Å². The monoisotopic (exact) mass is 386 g/mol.